The van der Waals surface area contributed by atoms with Gasteiger partial charge in [0.1, 0.15) is 0 Å². The zero-order valence-electron chi connectivity index (χ0n) is 15.5. The van der Waals surface area contributed by atoms with Crippen molar-refractivity contribution in [3.05, 3.63) is 50.1 Å². The van der Waals surface area contributed by atoms with E-state index in [2.05, 4.69) is 0 Å². The lowest BCUT2D eigenvalue weighted by Gasteiger charge is -2.21. The smallest absolute Gasteiger partial charge is 0.336 e. The second-order valence-corrected chi connectivity index (χ2v) is 6.85. The van der Waals surface area contributed by atoms with Crippen LogP contribution in [0.15, 0.2) is 24.3 Å². The summed E-state index contributed by atoms with van der Waals surface area (Å²) < 4.78 is 9.87. The molecule has 0 unspecified atom stereocenters. The van der Waals surface area contributed by atoms with Crippen molar-refractivity contribution >= 4 is 23.3 Å². The lowest BCUT2D eigenvalue weighted by Crippen LogP contribution is -2.17. The molecule has 1 aromatic rings. The Balaban J connectivity index is 3.34. The van der Waals surface area contributed by atoms with E-state index in [0.29, 0.717) is 6.07 Å². The van der Waals surface area contributed by atoms with E-state index < -0.39 is 44.3 Å². The molecule has 27 heavy (non-hydrogen) atoms. The van der Waals surface area contributed by atoms with Crippen molar-refractivity contribution in [2.75, 3.05) is 0 Å². The summed E-state index contributed by atoms with van der Waals surface area (Å²) in [7, 11) is 0. The van der Waals surface area contributed by atoms with Crippen molar-refractivity contribution in [3.8, 4) is 5.75 Å². The zero-order chi connectivity index (χ0) is 20.9. The van der Waals surface area contributed by atoms with Crippen molar-refractivity contribution in [1.29, 1.82) is 0 Å². The third-order valence-corrected chi connectivity index (χ3v) is 3.18. The molecule has 0 spiro atoms. The molecule has 0 radical (unpaired) electrons. The highest BCUT2D eigenvalue weighted by Gasteiger charge is 2.32. The summed E-state index contributed by atoms with van der Waals surface area (Å²) >= 11 is 0. The number of carbonyl (C=O) groups is 2. The number of non-ortho nitro benzene ring substituents is 1. The second kappa shape index (κ2) is 8.39. The van der Waals surface area contributed by atoms with Crippen LogP contribution in [0.2, 0.25) is 0 Å². The Morgan fingerprint density at radius 3 is 2.04 bits per heavy atom. The van der Waals surface area contributed by atoms with Crippen LogP contribution in [-0.2, 0) is 19.7 Å². The van der Waals surface area contributed by atoms with Crippen molar-refractivity contribution < 1.29 is 28.9 Å². The third kappa shape index (κ3) is 6.17. The molecule has 0 saturated carbocycles. The van der Waals surface area contributed by atoms with Crippen LogP contribution in [0.4, 0.5) is 11.4 Å². The molecule has 146 valence electrons. The number of hydrogen-bond acceptors (Lipinski definition) is 8. The molecule has 0 fully saturated rings. The van der Waals surface area contributed by atoms with Gasteiger partial charge in [-0.25, -0.2) is 9.59 Å². The minimum absolute atomic E-state index is 0.106. The molecule has 0 aliphatic heterocycles. The van der Waals surface area contributed by atoms with Crippen LogP contribution in [0.5, 0.6) is 5.75 Å². The molecule has 0 bridgehead atoms. The molecule has 0 aliphatic rings. The van der Waals surface area contributed by atoms with Gasteiger partial charge in [-0.15, -0.1) is 0 Å². The predicted octanol–water partition coefficient (Wildman–Crippen LogP) is 3.21. The molecule has 10 heteroatoms. The first-order valence-electron chi connectivity index (χ1n) is 7.90. The highest BCUT2D eigenvalue weighted by atomic mass is 16.6. The van der Waals surface area contributed by atoms with E-state index in [0.717, 1.165) is 18.2 Å². The normalized spacial score (nSPS) is 11.5. The SMILES string of the molecule is CC(C)OC(=O)/C=C/C(=O)Oc1c([N+](=O)[O-])cc([N+](=O)[O-])cc1C(C)(C)C. The number of esters is 2. The van der Waals surface area contributed by atoms with Crippen molar-refractivity contribution in [3.63, 3.8) is 0 Å². The molecule has 10 nitrogen and oxygen atoms in total. The molecule has 0 aliphatic carbocycles. The fraction of sp³-hybridized carbons (Fsp3) is 0.412. The van der Waals surface area contributed by atoms with Crippen molar-refractivity contribution in [2.45, 2.75) is 46.1 Å². The lowest BCUT2D eigenvalue weighted by atomic mass is 9.85. The Labute approximate surface area is 155 Å². The van der Waals surface area contributed by atoms with Crippen LogP contribution < -0.4 is 4.74 Å². The molecule has 0 amide bonds. The number of benzene rings is 1. The molecule has 0 saturated heterocycles. The van der Waals surface area contributed by atoms with Gasteiger partial charge < -0.3 is 9.47 Å². The van der Waals surface area contributed by atoms with E-state index in [4.69, 9.17) is 9.47 Å². The number of nitrogens with zero attached hydrogens (tertiary/aromatic N) is 2. The van der Waals surface area contributed by atoms with Gasteiger partial charge in [0.05, 0.1) is 22.0 Å². The number of nitro benzene ring substituents is 2. The summed E-state index contributed by atoms with van der Waals surface area (Å²) in [4.78, 5) is 44.2. The molecule has 0 aromatic heterocycles. The van der Waals surface area contributed by atoms with Gasteiger partial charge >= 0.3 is 17.6 Å². The maximum absolute atomic E-state index is 12.0. The van der Waals surface area contributed by atoms with Gasteiger partial charge in [0.25, 0.3) is 5.69 Å². The van der Waals surface area contributed by atoms with Crippen molar-refractivity contribution in [1.82, 2.24) is 0 Å². The van der Waals surface area contributed by atoms with E-state index in [-0.39, 0.29) is 11.7 Å². The number of nitro groups is 2. The Kier molecular flexibility index (Phi) is 6.75. The molecule has 0 N–H and O–H groups in total. The number of ether oxygens (including phenoxy) is 2. The number of carbonyl (C=O) groups excluding carboxylic acids is 2. The van der Waals surface area contributed by atoms with Crippen LogP contribution >= 0.6 is 0 Å². The first-order valence-corrected chi connectivity index (χ1v) is 7.90. The maximum atomic E-state index is 12.0. The minimum atomic E-state index is -1.06. The average Bonchev–Trinajstić information content (AvgIpc) is 2.50. The Hall–Kier alpha value is -3.30. The first kappa shape index (κ1) is 21.7. The van der Waals surface area contributed by atoms with Crippen LogP contribution in [0.3, 0.4) is 0 Å². The Bertz CT molecular complexity index is 806. The summed E-state index contributed by atoms with van der Waals surface area (Å²) in [5.41, 5.74) is -1.91. The highest BCUT2D eigenvalue weighted by Crippen LogP contribution is 2.41. The first-order chi connectivity index (χ1) is 12.3. The monoisotopic (exact) mass is 380 g/mol. The summed E-state index contributed by atoms with van der Waals surface area (Å²) in [6, 6.07) is 1.83. The summed E-state index contributed by atoms with van der Waals surface area (Å²) in [6.45, 7) is 8.22. The van der Waals surface area contributed by atoms with Crippen LogP contribution in [0.1, 0.15) is 40.2 Å². The molecular formula is C17H20N2O8. The Morgan fingerprint density at radius 1 is 1.04 bits per heavy atom. The van der Waals surface area contributed by atoms with Gasteiger partial charge in [0.2, 0.25) is 5.75 Å². The maximum Gasteiger partial charge on any atom is 0.336 e. The van der Waals surface area contributed by atoms with Gasteiger partial charge in [0, 0.05) is 23.8 Å². The summed E-state index contributed by atoms with van der Waals surface area (Å²) in [6.07, 6.45) is 1.21. The zero-order valence-corrected chi connectivity index (χ0v) is 15.5. The number of hydrogen-bond donors (Lipinski definition) is 0. The molecule has 1 rings (SSSR count). The van der Waals surface area contributed by atoms with E-state index in [1.807, 2.05) is 0 Å². The molecule has 0 heterocycles. The van der Waals surface area contributed by atoms with Crippen LogP contribution in [0.25, 0.3) is 0 Å². The third-order valence-electron chi connectivity index (χ3n) is 3.18. The molecule has 1 aromatic carbocycles. The van der Waals surface area contributed by atoms with Gasteiger partial charge in [-0.05, 0) is 19.3 Å². The fourth-order valence-electron chi connectivity index (χ4n) is 2.05. The predicted molar refractivity (Wildman–Crippen MR) is 94.5 cm³/mol. The fourth-order valence-corrected chi connectivity index (χ4v) is 2.05. The molecular weight excluding hydrogens is 360 g/mol. The quantitative estimate of drug-likeness (QED) is 0.241. The standard InChI is InChI=1S/C17H20N2O8/c1-10(2)26-14(20)6-7-15(21)27-16-12(17(3,4)5)8-11(18(22)23)9-13(16)19(24)25/h6-10H,1-5H3/b7-6+. The van der Waals surface area contributed by atoms with E-state index >= 15 is 0 Å². The largest absolute Gasteiger partial charge is 0.460 e. The second-order valence-electron chi connectivity index (χ2n) is 6.85. The Morgan fingerprint density at radius 2 is 1.59 bits per heavy atom. The van der Waals surface area contributed by atoms with Crippen molar-refractivity contribution in [2.24, 2.45) is 0 Å². The lowest BCUT2D eigenvalue weighted by molar-refractivity contribution is -0.394. The van der Waals surface area contributed by atoms with Crippen LogP contribution in [0, 0.1) is 20.2 Å². The van der Waals surface area contributed by atoms with Gasteiger partial charge in [0.15, 0.2) is 0 Å². The van der Waals surface area contributed by atoms with E-state index in [9.17, 15) is 29.8 Å². The van der Waals surface area contributed by atoms with Crippen LogP contribution in [-0.4, -0.2) is 27.9 Å². The van der Waals surface area contributed by atoms with Gasteiger partial charge in [-0.3, -0.25) is 20.2 Å². The summed E-state index contributed by atoms with van der Waals surface area (Å²) in [5.74, 6) is -2.25. The van der Waals surface area contributed by atoms with E-state index in [1.54, 1.807) is 34.6 Å². The van der Waals surface area contributed by atoms with Gasteiger partial charge in [-0.2, -0.15) is 0 Å². The highest BCUT2D eigenvalue weighted by molar-refractivity contribution is 5.93. The average molecular weight is 380 g/mol. The molecule has 0 atom stereocenters. The van der Waals surface area contributed by atoms with Gasteiger partial charge in [-0.1, -0.05) is 20.8 Å². The minimum Gasteiger partial charge on any atom is -0.460 e. The topological polar surface area (TPSA) is 139 Å². The van der Waals surface area contributed by atoms with E-state index in [1.165, 1.54) is 0 Å². The number of rotatable bonds is 6. The summed E-state index contributed by atoms with van der Waals surface area (Å²) in [5, 5.41) is 22.4.